The number of carbonyl (C=O) groups excluding carboxylic acids is 2. The second-order valence-electron chi connectivity index (χ2n) is 5.86. The molecule has 1 aromatic heterocycles. The monoisotopic (exact) mass is 300 g/mol. The maximum Gasteiger partial charge on any atom is 0.287 e. The molecule has 2 aromatic rings. The Labute approximate surface area is 129 Å². The molecule has 0 bridgehead atoms. The summed E-state index contributed by atoms with van der Waals surface area (Å²) in [5.74, 6) is 0.176. The highest BCUT2D eigenvalue weighted by atomic mass is 16.3. The van der Waals surface area contributed by atoms with Gasteiger partial charge in [-0.2, -0.15) is 0 Å². The third-order valence-corrected chi connectivity index (χ3v) is 4.23. The minimum atomic E-state index is -0.248. The number of hydrogen-bond acceptors (Lipinski definition) is 3. The molecule has 0 saturated carbocycles. The van der Waals surface area contributed by atoms with Crippen LogP contribution in [0.3, 0.4) is 0 Å². The van der Waals surface area contributed by atoms with Crippen molar-refractivity contribution >= 4 is 22.8 Å². The zero-order valence-electron chi connectivity index (χ0n) is 13.1. The van der Waals surface area contributed by atoms with Gasteiger partial charge < -0.3 is 14.6 Å². The van der Waals surface area contributed by atoms with Crippen molar-refractivity contribution in [1.29, 1.82) is 0 Å². The van der Waals surface area contributed by atoms with E-state index in [9.17, 15) is 9.59 Å². The second-order valence-corrected chi connectivity index (χ2v) is 5.86. The first-order valence-corrected chi connectivity index (χ1v) is 7.58. The third-order valence-electron chi connectivity index (χ3n) is 4.23. The molecule has 1 aliphatic rings. The van der Waals surface area contributed by atoms with Crippen LogP contribution in [0, 0.1) is 13.8 Å². The summed E-state index contributed by atoms with van der Waals surface area (Å²) in [6.07, 6.45) is 0.359. The van der Waals surface area contributed by atoms with Crippen LogP contribution in [0.15, 0.2) is 22.6 Å². The normalized spacial score (nSPS) is 18.2. The van der Waals surface area contributed by atoms with Crippen LogP contribution >= 0.6 is 0 Å². The van der Waals surface area contributed by atoms with Crippen LogP contribution in [0.4, 0.5) is 0 Å². The first-order chi connectivity index (χ1) is 10.5. The predicted octanol–water partition coefficient (Wildman–Crippen LogP) is 2.40. The van der Waals surface area contributed by atoms with Gasteiger partial charge in [-0.15, -0.1) is 0 Å². The Balaban J connectivity index is 1.81. The van der Waals surface area contributed by atoms with Crippen molar-refractivity contribution in [2.45, 2.75) is 33.2 Å². The highest BCUT2D eigenvalue weighted by molar-refractivity contribution is 5.99. The van der Waals surface area contributed by atoms with E-state index < -0.39 is 0 Å². The number of hydrogen-bond donors (Lipinski definition) is 1. The van der Waals surface area contributed by atoms with Crippen molar-refractivity contribution in [2.75, 3.05) is 13.1 Å². The van der Waals surface area contributed by atoms with Crippen molar-refractivity contribution in [3.05, 3.63) is 35.1 Å². The largest absolute Gasteiger partial charge is 0.451 e. The summed E-state index contributed by atoms with van der Waals surface area (Å²) in [6.45, 7) is 7.05. The Kier molecular flexibility index (Phi) is 3.64. The van der Waals surface area contributed by atoms with E-state index >= 15 is 0 Å². The van der Waals surface area contributed by atoms with Gasteiger partial charge in [0, 0.05) is 30.5 Å². The Bertz CT molecular complexity index is 748. The van der Waals surface area contributed by atoms with Gasteiger partial charge in [-0.05, 0) is 32.4 Å². The fraction of sp³-hybridized carbons (Fsp3) is 0.412. The van der Waals surface area contributed by atoms with E-state index in [2.05, 4.69) is 5.32 Å². The second kappa shape index (κ2) is 5.48. The lowest BCUT2D eigenvalue weighted by Crippen LogP contribution is -2.37. The average molecular weight is 300 g/mol. The van der Waals surface area contributed by atoms with E-state index in [1.165, 1.54) is 0 Å². The summed E-state index contributed by atoms with van der Waals surface area (Å²) in [6, 6.07) is 5.76. The zero-order chi connectivity index (χ0) is 15.9. The molecule has 3 rings (SSSR count). The molecule has 2 amide bonds. The van der Waals surface area contributed by atoms with E-state index in [-0.39, 0.29) is 17.9 Å². The van der Waals surface area contributed by atoms with Gasteiger partial charge >= 0.3 is 0 Å². The van der Waals surface area contributed by atoms with Gasteiger partial charge in [0.25, 0.3) is 5.91 Å². The summed E-state index contributed by atoms with van der Waals surface area (Å²) in [4.78, 5) is 25.9. The number of rotatable bonds is 3. The number of amides is 2. The first kappa shape index (κ1) is 14.6. The van der Waals surface area contributed by atoms with Gasteiger partial charge in [0.2, 0.25) is 5.91 Å². The first-order valence-electron chi connectivity index (χ1n) is 7.58. The Morgan fingerprint density at radius 1 is 1.41 bits per heavy atom. The Morgan fingerprint density at radius 2 is 2.18 bits per heavy atom. The minimum Gasteiger partial charge on any atom is -0.451 e. The zero-order valence-corrected chi connectivity index (χ0v) is 13.1. The van der Waals surface area contributed by atoms with Crippen LogP contribution in [0.5, 0.6) is 0 Å². The molecule has 2 heterocycles. The maximum absolute atomic E-state index is 12.4. The molecule has 0 spiro atoms. The SMILES string of the molecule is CCN1CC(NC(=O)c2oc3cc(C)ccc3c2C)CC1=O. The van der Waals surface area contributed by atoms with Crippen LogP contribution in [-0.4, -0.2) is 35.8 Å². The molecule has 1 N–H and O–H groups in total. The van der Waals surface area contributed by atoms with E-state index in [0.29, 0.717) is 25.3 Å². The molecule has 5 nitrogen and oxygen atoms in total. The summed E-state index contributed by atoms with van der Waals surface area (Å²) >= 11 is 0. The molecule has 1 saturated heterocycles. The van der Waals surface area contributed by atoms with Gasteiger partial charge in [-0.25, -0.2) is 0 Å². The van der Waals surface area contributed by atoms with Gasteiger partial charge in [0.1, 0.15) is 5.58 Å². The number of nitrogens with one attached hydrogen (secondary N) is 1. The molecule has 22 heavy (non-hydrogen) atoms. The number of likely N-dealkylation sites (tertiary alicyclic amines) is 1. The third kappa shape index (κ3) is 2.47. The number of aryl methyl sites for hydroxylation is 2. The smallest absolute Gasteiger partial charge is 0.287 e. The molecule has 116 valence electrons. The number of benzene rings is 1. The highest BCUT2D eigenvalue weighted by Gasteiger charge is 2.30. The van der Waals surface area contributed by atoms with Crippen LogP contribution < -0.4 is 5.32 Å². The lowest BCUT2D eigenvalue weighted by Gasteiger charge is -2.14. The lowest BCUT2D eigenvalue weighted by molar-refractivity contribution is -0.127. The van der Waals surface area contributed by atoms with Crippen molar-refractivity contribution < 1.29 is 14.0 Å². The molecule has 1 atom stereocenters. The maximum atomic E-state index is 12.4. The van der Waals surface area contributed by atoms with E-state index in [0.717, 1.165) is 22.1 Å². The molecular formula is C17H20N2O3. The number of nitrogens with zero attached hydrogens (tertiary/aromatic N) is 1. The van der Waals surface area contributed by atoms with Crippen molar-refractivity contribution in [1.82, 2.24) is 10.2 Å². The summed E-state index contributed by atoms with van der Waals surface area (Å²) in [7, 11) is 0. The van der Waals surface area contributed by atoms with Crippen LogP contribution in [0.2, 0.25) is 0 Å². The van der Waals surface area contributed by atoms with Crippen LogP contribution in [-0.2, 0) is 4.79 Å². The highest BCUT2D eigenvalue weighted by Crippen LogP contribution is 2.26. The van der Waals surface area contributed by atoms with Crippen LogP contribution in [0.25, 0.3) is 11.0 Å². The minimum absolute atomic E-state index is 0.0877. The lowest BCUT2D eigenvalue weighted by atomic mass is 10.1. The quantitative estimate of drug-likeness (QED) is 0.946. The fourth-order valence-electron chi connectivity index (χ4n) is 2.97. The van der Waals surface area contributed by atoms with Gasteiger partial charge in [-0.1, -0.05) is 12.1 Å². The van der Waals surface area contributed by atoms with Gasteiger partial charge in [0.15, 0.2) is 5.76 Å². The molecule has 5 heteroatoms. The summed E-state index contributed by atoms with van der Waals surface area (Å²) in [5, 5.41) is 3.86. The average Bonchev–Trinajstić information content (AvgIpc) is 2.99. The number of carbonyl (C=O) groups is 2. The predicted molar refractivity (Wildman–Crippen MR) is 83.8 cm³/mol. The molecule has 1 aliphatic heterocycles. The number of furan rings is 1. The van der Waals surface area contributed by atoms with Gasteiger partial charge in [0.05, 0.1) is 6.04 Å². The Hall–Kier alpha value is -2.30. The number of fused-ring (bicyclic) bond motifs is 1. The van der Waals surface area contributed by atoms with Crippen molar-refractivity contribution in [2.24, 2.45) is 0 Å². The number of likely N-dealkylation sites (N-methyl/N-ethyl adjacent to an activating group) is 1. The summed E-state index contributed by atoms with van der Waals surface area (Å²) < 4.78 is 5.72. The molecular weight excluding hydrogens is 280 g/mol. The Morgan fingerprint density at radius 3 is 2.86 bits per heavy atom. The standard InChI is InChI=1S/C17H20N2O3/c1-4-19-9-12(8-15(19)20)18-17(21)16-11(3)13-6-5-10(2)7-14(13)22-16/h5-7,12H,4,8-9H2,1-3H3,(H,18,21). The topological polar surface area (TPSA) is 62.6 Å². The summed E-state index contributed by atoms with van der Waals surface area (Å²) in [5.41, 5.74) is 2.65. The van der Waals surface area contributed by atoms with Crippen LogP contribution in [0.1, 0.15) is 35.0 Å². The van der Waals surface area contributed by atoms with E-state index in [1.807, 2.05) is 39.0 Å². The van der Waals surface area contributed by atoms with E-state index in [4.69, 9.17) is 4.42 Å². The van der Waals surface area contributed by atoms with Gasteiger partial charge in [-0.3, -0.25) is 9.59 Å². The molecule has 0 aliphatic carbocycles. The van der Waals surface area contributed by atoms with E-state index in [1.54, 1.807) is 4.90 Å². The molecule has 1 unspecified atom stereocenters. The molecule has 1 fully saturated rings. The molecule has 0 radical (unpaired) electrons. The van der Waals surface area contributed by atoms with Crippen molar-refractivity contribution in [3.8, 4) is 0 Å². The fourth-order valence-corrected chi connectivity index (χ4v) is 2.97. The molecule has 1 aromatic carbocycles. The van der Waals surface area contributed by atoms with Crippen molar-refractivity contribution in [3.63, 3.8) is 0 Å².